The summed E-state index contributed by atoms with van der Waals surface area (Å²) >= 11 is 0. The van der Waals surface area contributed by atoms with Crippen LogP contribution in [0, 0.1) is 0 Å². The van der Waals surface area contributed by atoms with E-state index >= 15 is 0 Å². The van der Waals surface area contributed by atoms with Crippen LogP contribution in [0.3, 0.4) is 0 Å². The van der Waals surface area contributed by atoms with E-state index < -0.39 is 29.4 Å². The second-order valence-electron chi connectivity index (χ2n) is 6.58. The van der Waals surface area contributed by atoms with E-state index in [2.05, 4.69) is 0 Å². The first-order valence-corrected chi connectivity index (χ1v) is 7.55. The molecule has 1 atom stereocenters. The molecule has 0 aromatic rings. The van der Waals surface area contributed by atoms with Crippen molar-refractivity contribution in [3.8, 4) is 0 Å². The molecule has 2 rings (SSSR count). The average Bonchev–Trinajstić information content (AvgIpc) is 2.43. The predicted molar refractivity (Wildman–Crippen MR) is 76.3 cm³/mol. The summed E-state index contributed by atoms with van der Waals surface area (Å²) in [7, 11) is 0. The Kier molecular flexibility index (Phi) is 4.47. The molecule has 7 heteroatoms. The SMILES string of the molecule is CCOC(=O)C1OC2(CCN(C(=O)OC(C)(C)C)CC2)C1=O. The fourth-order valence-corrected chi connectivity index (χ4v) is 2.63. The van der Waals surface area contributed by atoms with E-state index in [0.29, 0.717) is 25.9 Å². The van der Waals surface area contributed by atoms with Gasteiger partial charge in [-0.3, -0.25) is 4.79 Å². The molecule has 0 saturated carbocycles. The van der Waals surface area contributed by atoms with Gasteiger partial charge in [0.1, 0.15) is 11.2 Å². The van der Waals surface area contributed by atoms with Gasteiger partial charge in [0.2, 0.25) is 11.9 Å². The second kappa shape index (κ2) is 5.87. The van der Waals surface area contributed by atoms with Crippen LogP contribution in [0.25, 0.3) is 0 Å². The number of hydrogen-bond acceptors (Lipinski definition) is 6. The molecule has 124 valence electrons. The van der Waals surface area contributed by atoms with E-state index in [0.717, 1.165) is 0 Å². The number of rotatable bonds is 2. The summed E-state index contributed by atoms with van der Waals surface area (Å²) in [5, 5.41) is 0. The number of esters is 1. The number of piperidine rings is 1. The summed E-state index contributed by atoms with van der Waals surface area (Å²) in [6, 6.07) is 0. The lowest BCUT2D eigenvalue weighted by Gasteiger charge is -2.48. The molecule has 0 aromatic heterocycles. The van der Waals surface area contributed by atoms with Crippen molar-refractivity contribution in [3.05, 3.63) is 0 Å². The van der Waals surface area contributed by atoms with Gasteiger partial charge in [0.05, 0.1) is 6.61 Å². The lowest BCUT2D eigenvalue weighted by Crippen LogP contribution is -2.67. The van der Waals surface area contributed by atoms with Crippen LogP contribution >= 0.6 is 0 Å². The van der Waals surface area contributed by atoms with Crippen molar-refractivity contribution in [3.63, 3.8) is 0 Å². The Balaban J connectivity index is 1.87. The smallest absolute Gasteiger partial charge is 0.410 e. The largest absolute Gasteiger partial charge is 0.464 e. The van der Waals surface area contributed by atoms with Crippen LogP contribution in [0.5, 0.6) is 0 Å². The number of carbonyl (C=O) groups excluding carboxylic acids is 3. The summed E-state index contributed by atoms with van der Waals surface area (Å²) < 4.78 is 15.6. The summed E-state index contributed by atoms with van der Waals surface area (Å²) in [5.74, 6) is -0.873. The van der Waals surface area contributed by atoms with Crippen LogP contribution < -0.4 is 0 Å². The molecule has 2 saturated heterocycles. The van der Waals surface area contributed by atoms with E-state index in [1.807, 2.05) is 0 Å². The van der Waals surface area contributed by atoms with Gasteiger partial charge in [0.15, 0.2) is 0 Å². The Morgan fingerprint density at radius 1 is 1.32 bits per heavy atom. The van der Waals surface area contributed by atoms with Gasteiger partial charge in [-0.05, 0) is 27.7 Å². The van der Waals surface area contributed by atoms with Gasteiger partial charge in [-0.15, -0.1) is 0 Å². The van der Waals surface area contributed by atoms with Crippen molar-refractivity contribution in [2.75, 3.05) is 19.7 Å². The van der Waals surface area contributed by atoms with Gasteiger partial charge in [-0.2, -0.15) is 0 Å². The predicted octanol–water partition coefficient (Wildman–Crippen LogP) is 1.29. The minimum Gasteiger partial charge on any atom is -0.464 e. The zero-order valence-corrected chi connectivity index (χ0v) is 13.5. The number of hydrogen-bond donors (Lipinski definition) is 0. The number of nitrogens with zero attached hydrogens (tertiary/aromatic N) is 1. The molecule has 2 heterocycles. The topological polar surface area (TPSA) is 82.1 Å². The normalized spacial score (nSPS) is 23.9. The van der Waals surface area contributed by atoms with Gasteiger partial charge in [0, 0.05) is 25.9 Å². The molecule has 2 aliphatic heterocycles. The van der Waals surface area contributed by atoms with E-state index in [9.17, 15) is 14.4 Å². The van der Waals surface area contributed by atoms with Crippen molar-refractivity contribution in [1.82, 2.24) is 4.90 Å². The lowest BCUT2D eigenvalue weighted by atomic mass is 9.79. The molecule has 1 amide bonds. The number of ketones is 1. The number of likely N-dealkylation sites (tertiary alicyclic amines) is 1. The molecule has 1 unspecified atom stereocenters. The Hall–Kier alpha value is -1.63. The Bertz CT molecular complexity index is 473. The third-order valence-electron chi connectivity index (χ3n) is 3.75. The lowest BCUT2D eigenvalue weighted by molar-refractivity contribution is -0.220. The number of ether oxygens (including phenoxy) is 3. The van der Waals surface area contributed by atoms with Crippen LogP contribution in [-0.2, 0) is 23.8 Å². The van der Waals surface area contributed by atoms with Gasteiger partial charge in [-0.25, -0.2) is 9.59 Å². The zero-order valence-electron chi connectivity index (χ0n) is 13.5. The first kappa shape index (κ1) is 16.7. The van der Waals surface area contributed by atoms with Crippen LogP contribution in [0.4, 0.5) is 4.79 Å². The molecule has 1 spiro atoms. The van der Waals surface area contributed by atoms with Crippen LogP contribution in [0.2, 0.25) is 0 Å². The molecular weight excluding hydrogens is 290 g/mol. The fourth-order valence-electron chi connectivity index (χ4n) is 2.63. The molecule has 2 fully saturated rings. The minimum absolute atomic E-state index is 0.214. The van der Waals surface area contributed by atoms with Crippen molar-refractivity contribution in [2.24, 2.45) is 0 Å². The number of Topliss-reactive ketones (excluding diaryl/α,β-unsaturated/α-hetero) is 1. The Labute approximate surface area is 129 Å². The van der Waals surface area contributed by atoms with E-state index in [1.54, 1.807) is 32.6 Å². The van der Waals surface area contributed by atoms with Crippen LogP contribution in [-0.4, -0.2) is 59.7 Å². The fraction of sp³-hybridized carbons (Fsp3) is 0.800. The van der Waals surface area contributed by atoms with Crippen molar-refractivity contribution in [2.45, 2.75) is 57.8 Å². The van der Waals surface area contributed by atoms with E-state index in [1.165, 1.54) is 0 Å². The van der Waals surface area contributed by atoms with Gasteiger partial charge in [-0.1, -0.05) is 0 Å². The maximum absolute atomic E-state index is 12.2. The molecule has 2 aliphatic rings. The standard InChI is InChI=1S/C15H23NO6/c1-5-20-12(18)10-11(17)15(21-10)6-8-16(9-7-15)13(19)22-14(2,3)4/h10H,5-9H2,1-4H3. The highest BCUT2D eigenvalue weighted by Crippen LogP contribution is 2.39. The molecule has 22 heavy (non-hydrogen) atoms. The molecular formula is C15H23NO6. The Morgan fingerprint density at radius 2 is 1.91 bits per heavy atom. The first-order chi connectivity index (χ1) is 10.2. The Morgan fingerprint density at radius 3 is 2.36 bits per heavy atom. The van der Waals surface area contributed by atoms with Crippen molar-refractivity contribution >= 4 is 17.8 Å². The van der Waals surface area contributed by atoms with Crippen molar-refractivity contribution in [1.29, 1.82) is 0 Å². The van der Waals surface area contributed by atoms with Crippen LogP contribution in [0.15, 0.2) is 0 Å². The van der Waals surface area contributed by atoms with Crippen LogP contribution in [0.1, 0.15) is 40.5 Å². The summed E-state index contributed by atoms with van der Waals surface area (Å²) in [5.41, 5.74) is -1.49. The maximum Gasteiger partial charge on any atom is 0.410 e. The average molecular weight is 313 g/mol. The molecule has 0 aromatic carbocycles. The maximum atomic E-state index is 12.2. The van der Waals surface area contributed by atoms with E-state index in [-0.39, 0.29) is 12.4 Å². The molecule has 7 nitrogen and oxygen atoms in total. The highest BCUT2D eigenvalue weighted by molar-refractivity contribution is 6.10. The highest BCUT2D eigenvalue weighted by Gasteiger charge is 2.59. The summed E-state index contributed by atoms with van der Waals surface area (Å²) in [6.45, 7) is 8.05. The molecule has 0 radical (unpaired) electrons. The van der Waals surface area contributed by atoms with Gasteiger partial charge < -0.3 is 19.1 Å². The number of amides is 1. The third-order valence-corrected chi connectivity index (χ3v) is 3.75. The van der Waals surface area contributed by atoms with Crippen molar-refractivity contribution < 1.29 is 28.6 Å². The second-order valence-corrected chi connectivity index (χ2v) is 6.58. The number of carbonyl (C=O) groups is 3. The monoisotopic (exact) mass is 313 g/mol. The third kappa shape index (κ3) is 3.24. The summed E-state index contributed by atoms with van der Waals surface area (Å²) in [4.78, 5) is 37.3. The zero-order chi connectivity index (χ0) is 16.5. The molecule has 0 aliphatic carbocycles. The van der Waals surface area contributed by atoms with Gasteiger partial charge >= 0.3 is 12.1 Å². The molecule has 0 bridgehead atoms. The minimum atomic E-state index is -1.10. The quantitative estimate of drug-likeness (QED) is 0.564. The highest BCUT2D eigenvalue weighted by atomic mass is 16.6. The van der Waals surface area contributed by atoms with Gasteiger partial charge in [0.25, 0.3) is 0 Å². The molecule has 0 N–H and O–H groups in total. The first-order valence-electron chi connectivity index (χ1n) is 7.55. The summed E-state index contributed by atoms with van der Waals surface area (Å²) in [6.07, 6.45) is -0.744. The van der Waals surface area contributed by atoms with E-state index in [4.69, 9.17) is 14.2 Å².